The van der Waals surface area contributed by atoms with E-state index in [-0.39, 0.29) is 17.8 Å². The second kappa shape index (κ2) is 4.89. The van der Waals surface area contributed by atoms with Gasteiger partial charge in [0.15, 0.2) is 0 Å². The van der Waals surface area contributed by atoms with E-state index in [1.54, 1.807) is 6.92 Å². The molecule has 7 nitrogen and oxygen atoms in total. The van der Waals surface area contributed by atoms with Crippen molar-refractivity contribution in [2.75, 3.05) is 0 Å². The summed E-state index contributed by atoms with van der Waals surface area (Å²) in [6, 6.07) is 6.83. The van der Waals surface area contributed by atoms with Crippen LogP contribution in [0, 0.1) is 10.1 Å². The maximum Gasteiger partial charge on any atom is 0.335 e. The van der Waals surface area contributed by atoms with E-state index >= 15 is 0 Å². The van der Waals surface area contributed by atoms with Crippen LogP contribution >= 0.6 is 0 Å². The molecule has 0 radical (unpaired) electrons. The third-order valence-corrected chi connectivity index (χ3v) is 2.72. The Morgan fingerprint density at radius 3 is 2.32 bits per heavy atom. The zero-order chi connectivity index (χ0) is 14.0. The molecule has 19 heavy (non-hydrogen) atoms. The van der Waals surface area contributed by atoms with E-state index in [1.165, 1.54) is 41.1 Å². The van der Waals surface area contributed by atoms with Crippen LogP contribution < -0.4 is 11.2 Å². The van der Waals surface area contributed by atoms with E-state index in [0.29, 0.717) is 5.69 Å². The number of hydrogen-bond acceptors (Lipinski definition) is 4. The standard InChI is InChI=1S/C12H11N3O4/c1-2-13-11(16)7-8-14(12(13)17)9-3-5-10(6-4-9)15(18)19/h3-8H,2H2,1H3. The summed E-state index contributed by atoms with van der Waals surface area (Å²) in [5.41, 5.74) is -0.423. The summed E-state index contributed by atoms with van der Waals surface area (Å²) in [5.74, 6) is 0. The number of non-ortho nitro benzene ring substituents is 1. The van der Waals surface area contributed by atoms with Crippen molar-refractivity contribution in [1.29, 1.82) is 0 Å². The maximum atomic E-state index is 12.0. The van der Waals surface area contributed by atoms with Gasteiger partial charge in [0, 0.05) is 30.9 Å². The van der Waals surface area contributed by atoms with Crippen molar-refractivity contribution < 1.29 is 4.92 Å². The van der Waals surface area contributed by atoms with Gasteiger partial charge in [-0.2, -0.15) is 0 Å². The van der Waals surface area contributed by atoms with Gasteiger partial charge in [0.05, 0.1) is 10.6 Å². The predicted octanol–water partition coefficient (Wildman–Crippen LogP) is 0.927. The molecule has 0 bridgehead atoms. The van der Waals surface area contributed by atoms with Crippen LogP contribution in [0.5, 0.6) is 0 Å². The highest BCUT2D eigenvalue weighted by atomic mass is 16.6. The molecule has 0 amide bonds. The van der Waals surface area contributed by atoms with E-state index < -0.39 is 10.6 Å². The predicted molar refractivity (Wildman–Crippen MR) is 68.6 cm³/mol. The molecule has 0 unspecified atom stereocenters. The molecule has 0 spiro atoms. The number of nitro benzene ring substituents is 1. The molecule has 1 aromatic carbocycles. The van der Waals surface area contributed by atoms with Gasteiger partial charge in [0.2, 0.25) is 0 Å². The molecule has 0 aliphatic heterocycles. The Hall–Kier alpha value is -2.70. The number of benzene rings is 1. The number of nitrogens with zero attached hydrogens (tertiary/aromatic N) is 3. The second-order valence-corrected chi connectivity index (χ2v) is 3.82. The molecule has 0 saturated heterocycles. The lowest BCUT2D eigenvalue weighted by atomic mass is 10.3. The Bertz CT molecular complexity index is 728. The molecule has 0 saturated carbocycles. The average Bonchev–Trinajstić information content (AvgIpc) is 2.39. The van der Waals surface area contributed by atoms with Crippen molar-refractivity contribution in [1.82, 2.24) is 9.13 Å². The molecule has 1 heterocycles. The Morgan fingerprint density at radius 1 is 1.16 bits per heavy atom. The van der Waals surface area contributed by atoms with Crippen molar-refractivity contribution in [3.8, 4) is 5.69 Å². The summed E-state index contributed by atoms with van der Waals surface area (Å²) in [4.78, 5) is 33.5. The summed E-state index contributed by atoms with van der Waals surface area (Å²) in [6.07, 6.45) is 1.36. The van der Waals surface area contributed by atoms with E-state index in [4.69, 9.17) is 0 Å². The minimum absolute atomic E-state index is 0.0550. The Balaban J connectivity index is 2.57. The quantitative estimate of drug-likeness (QED) is 0.607. The molecular weight excluding hydrogens is 250 g/mol. The lowest BCUT2D eigenvalue weighted by molar-refractivity contribution is -0.384. The minimum Gasteiger partial charge on any atom is -0.269 e. The Kier molecular flexibility index (Phi) is 3.28. The molecule has 1 aromatic heterocycles. The summed E-state index contributed by atoms with van der Waals surface area (Å²) in [5, 5.41) is 10.6. The van der Waals surface area contributed by atoms with Crippen molar-refractivity contribution >= 4 is 5.69 Å². The van der Waals surface area contributed by atoms with Crippen molar-refractivity contribution in [2.45, 2.75) is 13.5 Å². The van der Waals surface area contributed by atoms with Gasteiger partial charge in [-0.1, -0.05) is 0 Å². The minimum atomic E-state index is -0.514. The summed E-state index contributed by atoms with van der Waals surface area (Å²) in [6.45, 7) is 1.97. The number of hydrogen-bond donors (Lipinski definition) is 0. The van der Waals surface area contributed by atoms with Crippen LogP contribution in [0.25, 0.3) is 5.69 Å². The molecule has 2 aromatic rings. The van der Waals surface area contributed by atoms with Gasteiger partial charge in [-0.3, -0.25) is 24.0 Å². The van der Waals surface area contributed by atoms with Gasteiger partial charge in [-0.15, -0.1) is 0 Å². The summed E-state index contributed by atoms with van der Waals surface area (Å²) >= 11 is 0. The van der Waals surface area contributed by atoms with Gasteiger partial charge in [-0.05, 0) is 19.1 Å². The first kappa shape index (κ1) is 12.7. The molecule has 2 rings (SSSR count). The maximum absolute atomic E-state index is 12.0. The lowest BCUT2D eigenvalue weighted by Crippen LogP contribution is -2.37. The summed E-state index contributed by atoms with van der Waals surface area (Å²) in [7, 11) is 0. The molecule has 7 heteroatoms. The van der Waals surface area contributed by atoms with Crippen molar-refractivity contribution in [2.24, 2.45) is 0 Å². The first-order valence-corrected chi connectivity index (χ1v) is 5.62. The molecular formula is C12H11N3O4. The third kappa shape index (κ3) is 2.30. The Morgan fingerprint density at radius 2 is 1.79 bits per heavy atom. The van der Waals surface area contributed by atoms with Crippen molar-refractivity contribution in [3.63, 3.8) is 0 Å². The first-order valence-electron chi connectivity index (χ1n) is 5.62. The lowest BCUT2D eigenvalue weighted by Gasteiger charge is -2.07. The molecule has 98 valence electrons. The van der Waals surface area contributed by atoms with Crippen molar-refractivity contribution in [3.05, 3.63) is 67.5 Å². The fraction of sp³-hybridized carbons (Fsp3) is 0.167. The zero-order valence-corrected chi connectivity index (χ0v) is 10.1. The molecule has 0 aliphatic rings. The largest absolute Gasteiger partial charge is 0.335 e. The highest BCUT2D eigenvalue weighted by Gasteiger charge is 2.08. The molecule has 0 aliphatic carbocycles. The van der Waals surface area contributed by atoms with E-state index in [1.807, 2.05) is 0 Å². The zero-order valence-electron chi connectivity index (χ0n) is 10.1. The van der Waals surface area contributed by atoms with E-state index in [9.17, 15) is 19.7 Å². The smallest absolute Gasteiger partial charge is 0.269 e. The summed E-state index contributed by atoms with van der Waals surface area (Å²) < 4.78 is 2.36. The number of rotatable bonds is 3. The van der Waals surface area contributed by atoms with E-state index in [0.717, 1.165) is 4.57 Å². The van der Waals surface area contributed by atoms with Gasteiger partial charge in [0.1, 0.15) is 0 Å². The van der Waals surface area contributed by atoms with Gasteiger partial charge in [-0.25, -0.2) is 4.79 Å². The monoisotopic (exact) mass is 261 g/mol. The second-order valence-electron chi connectivity index (χ2n) is 3.82. The molecule has 0 N–H and O–H groups in total. The van der Waals surface area contributed by atoms with Crippen LogP contribution in [0.2, 0.25) is 0 Å². The molecule has 0 atom stereocenters. The van der Waals surface area contributed by atoms with Gasteiger partial charge >= 0.3 is 5.69 Å². The molecule has 0 fully saturated rings. The van der Waals surface area contributed by atoms with Crippen LogP contribution in [0.1, 0.15) is 6.92 Å². The van der Waals surface area contributed by atoms with Crippen LogP contribution in [-0.2, 0) is 6.54 Å². The number of nitro groups is 1. The van der Waals surface area contributed by atoms with Gasteiger partial charge in [0.25, 0.3) is 11.2 Å². The van der Waals surface area contributed by atoms with Crippen LogP contribution in [0.3, 0.4) is 0 Å². The normalized spacial score (nSPS) is 10.4. The average molecular weight is 261 g/mol. The highest BCUT2D eigenvalue weighted by molar-refractivity contribution is 5.40. The SMILES string of the molecule is CCn1c(=O)ccn(-c2ccc([N+](=O)[O-])cc2)c1=O. The van der Waals surface area contributed by atoms with Crippen LogP contribution in [0.15, 0.2) is 46.1 Å². The van der Waals surface area contributed by atoms with Crippen LogP contribution in [0.4, 0.5) is 5.69 Å². The highest BCUT2D eigenvalue weighted by Crippen LogP contribution is 2.13. The van der Waals surface area contributed by atoms with Crippen LogP contribution in [-0.4, -0.2) is 14.1 Å². The first-order chi connectivity index (χ1) is 9.04. The number of aromatic nitrogens is 2. The van der Waals surface area contributed by atoms with E-state index in [2.05, 4.69) is 0 Å². The third-order valence-electron chi connectivity index (χ3n) is 2.72. The fourth-order valence-corrected chi connectivity index (χ4v) is 1.74. The topological polar surface area (TPSA) is 87.1 Å². The van der Waals surface area contributed by atoms with Gasteiger partial charge < -0.3 is 0 Å². The Labute approximate surface area is 107 Å². The fourth-order valence-electron chi connectivity index (χ4n) is 1.74.